The number of H-pyrrole nitrogens is 1. The van der Waals surface area contributed by atoms with E-state index in [9.17, 15) is 0 Å². The first kappa shape index (κ1) is 8.46. The Morgan fingerprint density at radius 2 is 2.00 bits per heavy atom. The van der Waals surface area contributed by atoms with Crippen molar-refractivity contribution in [2.75, 3.05) is 0 Å². The van der Waals surface area contributed by atoms with E-state index in [-0.39, 0.29) is 0 Å². The quantitative estimate of drug-likeness (QED) is 0.555. The monoisotopic (exact) mass is 210 g/mol. The second-order valence-corrected chi connectivity index (χ2v) is 3.32. The van der Waals surface area contributed by atoms with Crippen LogP contribution in [0.3, 0.4) is 0 Å². The fraction of sp³-hybridized carbons (Fsp3) is 0. The molecular formula is C7H6N4S2. The van der Waals surface area contributed by atoms with E-state index >= 15 is 0 Å². The maximum atomic E-state index is 4.94. The van der Waals surface area contributed by atoms with Crippen molar-refractivity contribution < 1.29 is 0 Å². The molecule has 4 nitrogen and oxygen atoms in total. The first-order valence-electron chi connectivity index (χ1n) is 3.57. The highest BCUT2D eigenvalue weighted by Gasteiger charge is 1.97. The topological polar surface area (TPSA) is 46.5 Å². The molecule has 66 valence electrons. The lowest BCUT2D eigenvalue weighted by molar-refractivity contribution is 0.785. The van der Waals surface area contributed by atoms with Gasteiger partial charge in [-0.2, -0.15) is 5.21 Å². The molecule has 0 atom stereocenters. The zero-order valence-corrected chi connectivity index (χ0v) is 8.22. The number of benzene rings is 1. The third-order valence-electron chi connectivity index (χ3n) is 1.58. The van der Waals surface area contributed by atoms with Crippen LogP contribution in [0.2, 0.25) is 0 Å². The second kappa shape index (κ2) is 3.31. The summed E-state index contributed by atoms with van der Waals surface area (Å²) in [6, 6.07) is 7.53. The summed E-state index contributed by atoms with van der Waals surface area (Å²) >= 11 is 9.12. The third-order valence-corrected chi connectivity index (χ3v) is 2.14. The molecule has 0 saturated heterocycles. The van der Waals surface area contributed by atoms with Gasteiger partial charge in [0.1, 0.15) is 0 Å². The minimum Gasteiger partial charge on any atom is -0.210 e. The molecule has 2 aromatic rings. The van der Waals surface area contributed by atoms with Crippen LogP contribution in [0.15, 0.2) is 29.2 Å². The summed E-state index contributed by atoms with van der Waals surface area (Å²) in [7, 11) is 0. The van der Waals surface area contributed by atoms with Crippen LogP contribution in [0.4, 0.5) is 0 Å². The fourth-order valence-electron chi connectivity index (χ4n) is 0.967. The Bertz CT molecular complexity index is 456. The third kappa shape index (κ3) is 1.63. The number of nitrogens with zero attached hydrogens (tertiary/aromatic N) is 3. The number of hydrogen-bond donors (Lipinski definition) is 2. The minimum atomic E-state index is 0.409. The Labute approximate surface area is 85.0 Å². The first-order valence-corrected chi connectivity index (χ1v) is 4.42. The molecule has 0 spiro atoms. The van der Waals surface area contributed by atoms with Crippen molar-refractivity contribution in [1.29, 1.82) is 0 Å². The van der Waals surface area contributed by atoms with Gasteiger partial charge in [0.05, 0.1) is 5.69 Å². The largest absolute Gasteiger partial charge is 0.242 e. The lowest BCUT2D eigenvalue weighted by Crippen LogP contribution is -1.95. The molecule has 1 heterocycles. The van der Waals surface area contributed by atoms with Gasteiger partial charge in [0.15, 0.2) is 0 Å². The van der Waals surface area contributed by atoms with Crippen LogP contribution in [0.1, 0.15) is 0 Å². The van der Waals surface area contributed by atoms with Gasteiger partial charge in [-0.05, 0) is 36.5 Å². The number of thiol groups is 1. The van der Waals surface area contributed by atoms with Crippen molar-refractivity contribution in [3.63, 3.8) is 0 Å². The van der Waals surface area contributed by atoms with Gasteiger partial charge in [0.2, 0.25) is 4.77 Å². The van der Waals surface area contributed by atoms with Gasteiger partial charge in [0.25, 0.3) is 0 Å². The smallest absolute Gasteiger partial charge is 0.210 e. The number of hydrogen-bond acceptors (Lipinski definition) is 4. The Kier molecular flexibility index (Phi) is 2.15. The molecule has 0 saturated carbocycles. The highest BCUT2D eigenvalue weighted by molar-refractivity contribution is 7.80. The Morgan fingerprint density at radius 1 is 1.31 bits per heavy atom. The van der Waals surface area contributed by atoms with E-state index in [0.29, 0.717) is 4.77 Å². The van der Waals surface area contributed by atoms with Gasteiger partial charge in [-0.1, -0.05) is 10.3 Å². The van der Waals surface area contributed by atoms with Gasteiger partial charge < -0.3 is 0 Å². The second-order valence-electron chi connectivity index (χ2n) is 2.43. The van der Waals surface area contributed by atoms with E-state index in [4.69, 9.17) is 12.2 Å². The molecule has 0 bridgehead atoms. The van der Waals surface area contributed by atoms with E-state index in [1.54, 1.807) is 4.68 Å². The van der Waals surface area contributed by atoms with Crippen LogP contribution in [0.25, 0.3) is 5.69 Å². The zero-order valence-electron chi connectivity index (χ0n) is 6.51. The highest BCUT2D eigenvalue weighted by atomic mass is 32.1. The van der Waals surface area contributed by atoms with Crippen molar-refractivity contribution in [3.05, 3.63) is 29.0 Å². The van der Waals surface area contributed by atoms with Crippen molar-refractivity contribution in [1.82, 2.24) is 20.2 Å². The molecule has 0 unspecified atom stereocenters. The Morgan fingerprint density at radius 3 is 2.54 bits per heavy atom. The van der Waals surface area contributed by atoms with Crippen molar-refractivity contribution in [2.45, 2.75) is 4.90 Å². The van der Waals surface area contributed by atoms with Crippen LogP contribution in [-0.2, 0) is 0 Å². The summed E-state index contributed by atoms with van der Waals surface area (Å²) in [6.45, 7) is 0. The summed E-state index contributed by atoms with van der Waals surface area (Å²) < 4.78 is 2.02. The summed E-state index contributed by atoms with van der Waals surface area (Å²) in [5.74, 6) is 0. The van der Waals surface area contributed by atoms with E-state index in [2.05, 4.69) is 28.2 Å². The zero-order chi connectivity index (χ0) is 9.26. The Balaban J connectivity index is 2.54. The summed E-state index contributed by atoms with van der Waals surface area (Å²) in [5, 5.41) is 9.92. The van der Waals surface area contributed by atoms with Crippen LogP contribution in [-0.4, -0.2) is 20.2 Å². The van der Waals surface area contributed by atoms with Crippen molar-refractivity contribution in [3.8, 4) is 5.69 Å². The maximum absolute atomic E-state index is 4.94. The lowest BCUT2D eigenvalue weighted by Gasteiger charge is -1.99. The van der Waals surface area contributed by atoms with E-state index in [1.807, 2.05) is 24.3 Å². The molecular weight excluding hydrogens is 204 g/mol. The van der Waals surface area contributed by atoms with E-state index < -0.39 is 0 Å². The standard InChI is InChI=1S/C7H6N4S2/c12-6-3-1-5(2-4-6)11-7(13)8-9-10-11/h1-4,12H,(H,8,10,13). The van der Waals surface area contributed by atoms with Crippen LogP contribution >= 0.6 is 24.8 Å². The molecule has 13 heavy (non-hydrogen) atoms. The van der Waals surface area contributed by atoms with Gasteiger partial charge in [0, 0.05) is 4.90 Å². The number of aromatic nitrogens is 4. The maximum Gasteiger partial charge on any atom is 0.242 e. The number of rotatable bonds is 1. The van der Waals surface area contributed by atoms with Gasteiger partial charge >= 0.3 is 0 Å². The average molecular weight is 210 g/mol. The number of nitrogens with one attached hydrogen (secondary N) is 1. The van der Waals surface area contributed by atoms with Crippen molar-refractivity contribution in [2.24, 2.45) is 0 Å². The molecule has 0 aliphatic rings. The van der Waals surface area contributed by atoms with E-state index in [1.165, 1.54) is 0 Å². The predicted molar refractivity (Wildman–Crippen MR) is 53.8 cm³/mol. The van der Waals surface area contributed by atoms with Gasteiger partial charge in [-0.3, -0.25) is 0 Å². The fourth-order valence-corrected chi connectivity index (χ4v) is 1.30. The lowest BCUT2D eigenvalue weighted by atomic mass is 10.3. The predicted octanol–water partition coefficient (Wildman–Crippen LogP) is 1.61. The molecule has 0 amide bonds. The SMILES string of the molecule is S=c1nn[nH]n1-c1ccc(S)cc1. The highest BCUT2D eigenvalue weighted by Crippen LogP contribution is 2.10. The molecule has 1 N–H and O–H groups in total. The van der Waals surface area contributed by atoms with E-state index in [0.717, 1.165) is 10.6 Å². The van der Waals surface area contributed by atoms with Crippen LogP contribution in [0, 0.1) is 4.77 Å². The average Bonchev–Trinajstić information content (AvgIpc) is 2.53. The Hall–Kier alpha value is -1.14. The molecule has 0 radical (unpaired) electrons. The summed E-state index contributed by atoms with van der Waals surface area (Å²) in [5.41, 5.74) is 0.896. The number of tetrazole rings is 1. The van der Waals surface area contributed by atoms with Crippen molar-refractivity contribution >= 4 is 24.8 Å². The molecule has 6 heteroatoms. The molecule has 1 aromatic carbocycles. The van der Waals surface area contributed by atoms with Crippen LogP contribution < -0.4 is 0 Å². The number of aromatic amines is 1. The molecule has 1 aromatic heterocycles. The summed E-state index contributed by atoms with van der Waals surface area (Å²) in [4.78, 5) is 0.905. The molecule has 0 fully saturated rings. The molecule has 0 aliphatic carbocycles. The van der Waals surface area contributed by atoms with Crippen LogP contribution in [0.5, 0.6) is 0 Å². The van der Waals surface area contributed by atoms with Gasteiger partial charge in [-0.15, -0.1) is 12.6 Å². The molecule has 2 rings (SSSR count). The summed E-state index contributed by atoms with van der Waals surface area (Å²) in [6.07, 6.45) is 0. The molecule has 0 aliphatic heterocycles. The van der Waals surface area contributed by atoms with Gasteiger partial charge in [-0.25, -0.2) is 4.68 Å². The normalized spacial score (nSPS) is 10.2. The minimum absolute atomic E-state index is 0.409. The first-order chi connectivity index (χ1) is 6.27.